The minimum Gasteiger partial charge on any atom is -0.483 e. The Balaban J connectivity index is 0.000000362. The molecule has 0 spiro atoms. The molecule has 2 aromatic rings. The van der Waals surface area contributed by atoms with Gasteiger partial charge in [0.2, 0.25) is 0 Å². The van der Waals surface area contributed by atoms with Gasteiger partial charge in [-0.2, -0.15) is 11.8 Å². The van der Waals surface area contributed by atoms with Gasteiger partial charge in [-0.3, -0.25) is 4.79 Å². The molecule has 3 rings (SSSR count). The number of esters is 1. The molecule has 0 atom stereocenters. The van der Waals surface area contributed by atoms with Crippen LogP contribution in [0, 0.1) is 0 Å². The number of para-hydroxylation sites is 2. The van der Waals surface area contributed by atoms with Crippen LogP contribution < -0.4 is 19.5 Å². The van der Waals surface area contributed by atoms with Gasteiger partial charge < -0.3 is 24.3 Å². The first-order chi connectivity index (χ1) is 20.4. The van der Waals surface area contributed by atoms with Crippen LogP contribution in [-0.4, -0.2) is 71.4 Å². The number of rotatable bonds is 12. The van der Waals surface area contributed by atoms with Crippen LogP contribution >= 0.6 is 23.9 Å². The molecule has 12 heteroatoms. The van der Waals surface area contributed by atoms with Crippen molar-refractivity contribution in [3.63, 3.8) is 0 Å². The van der Waals surface area contributed by atoms with Crippen molar-refractivity contribution >= 4 is 42.1 Å². The number of hydrogen-bond donors (Lipinski definition) is 1. The molecule has 43 heavy (non-hydrogen) atoms. The van der Waals surface area contributed by atoms with E-state index in [0.29, 0.717) is 30.4 Å². The number of ether oxygens (including phenoxy) is 4. The summed E-state index contributed by atoms with van der Waals surface area (Å²) in [6.07, 6.45) is 0.0991. The molecular formula is C31H45N3O7S2. The van der Waals surface area contributed by atoms with Gasteiger partial charge in [0.15, 0.2) is 11.5 Å². The first-order valence-electron chi connectivity index (χ1n) is 14.3. The number of carbonyl (C=O) groups excluding carboxylic acids is 3. The van der Waals surface area contributed by atoms with Crippen molar-refractivity contribution in [1.82, 2.24) is 13.9 Å². The third-order valence-electron chi connectivity index (χ3n) is 6.00. The summed E-state index contributed by atoms with van der Waals surface area (Å²) in [6, 6.07) is 13.3. The normalized spacial score (nSPS) is 12.9. The first-order valence-corrected chi connectivity index (χ1v) is 16.2. The fraction of sp³-hybridized carbons (Fsp3) is 0.516. The average Bonchev–Trinajstić information content (AvgIpc) is 3.29. The number of amides is 2. The monoisotopic (exact) mass is 635 g/mol. The Kier molecular flexibility index (Phi) is 15.0. The van der Waals surface area contributed by atoms with Crippen molar-refractivity contribution in [2.45, 2.75) is 71.8 Å². The first kappa shape index (κ1) is 36.1. The maximum atomic E-state index is 12.6. The van der Waals surface area contributed by atoms with Crippen LogP contribution in [0.3, 0.4) is 0 Å². The van der Waals surface area contributed by atoms with Gasteiger partial charge in [0.05, 0.1) is 13.0 Å². The van der Waals surface area contributed by atoms with Crippen LogP contribution in [0.15, 0.2) is 42.5 Å². The summed E-state index contributed by atoms with van der Waals surface area (Å²) in [5.41, 5.74) is 1.77. The summed E-state index contributed by atoms with van der Waals surface area (Å²) >= 11 is 3.02. The standard InChI is InChI=1S/C20H30N2O5S.C11H15NO2S/c1-7-25-17(23)11-12-22(14(2)3)28-21(6)19(24)26-16-10-8-9-15-13-20(4,5)27-18(15)16;1-3-15-8-9-6-4-5-7-10(9)14-11(13)12-2/h8-10,14H,7,11-13H2,1-6H3;4-7H,3,8H2,1-2H3,(H,12,13). The summed E-state index contributed by atoms with van der Waals surface area (Å²) in [5.74, 6) is 3.35. The van der Waals surface area contributed by atoms with E-state index < -0.39 is 12.2 Å². The van der Waals surface area contributed by atoms with Gasteiger partial charge in [-0.05, 0) is 52.5 Å². The summed E-state index contributed by atoms with van der Waals surface area (Å²) in [7, 11) is 3.19. The quantitative estimate of drug-likeness (QED) is 0.200. The molecular weight excluding hydrogens is 590 g/mol. The Morgan fingerprint density at radius 2 is 1.74 bits per heavy atom. The maximum Gasteiger partial charge on any atom is 0.426 e. The second kappa shape index (κ2) is 17.9. The molecule has 0 unspecified atom stereocenters. The summed E-state index contributed by atoms with van der Waals surface area (Å²) < 4.78 is 25.0. The SMILES string of the molecule is CCOC(=O)CCN(SN(C)C(=O)Oc1cccc2c1OC(C)(C)C2)C(C)C.CCSCc1ccccc1OC(=O)NC. The van der Waals surface area contributed by atoms with E-state index in [1.54, 1.807) is 44.9 Å². The summed E-state index contributed by atoms with van der Waals surface area (Å²) in [5, 5.41) is 2.43. The minimum atomic E-state index is -0.506. The van der Waals surface area contributed by atoms with Crippen molar-refractivity contribution in [2.75, 3.05) is 33.0 Å². The zero-order valence-corrected chi connectivity index (χ0v) is 28.1. The van der Waals surface area contributed by atoms with E-state index in [9.17, 15) is 14.4 Å². The number of nitrogens with zero attached hydrogens (tertiary/aromatic N) is 2. The van der Waals surface area contributed by atoms with Crippen molar-refractivity contribution in [2.24, 2.45) is 0 Å². The molecule has 0 aliphatic carbocycles. The van der Waals surface area contributed by atoms with Gasteiger partial charge in [0.1, 0.15) is 11.4 Å². The van der Waals surface area contributed by atoms with E-state index in [1.807, 2.05) is 62.3 Å². The molecule has 1 aliphatic heterocycles. The van der Waals surface area contributed by atoms with Crippen LogP contribution in [0.25, 0.3) is 0 Å². The third kappa shape index (κ3) is 12.2. The molecule has 0 saturated heterocycles. The van der Waals surface area contributed by atoms with Crippen molar-refractivity contribution in [3.05, 3.63) is 53.6 Å². The summed E-state index contributed by atoms with van der Waals surface area (Å²) in [4.78, 5) is 35.3. The van der Waals surface area contributed by atoms with Crippen molar-refractivity contribution < 1.29 is 33.3 Å². The average molecular weight is 636 g/mol. The number of benzene rings is 2. The smallest absolute Gasteiger partial charge is 0.426 e. The summed E-state index contributed by atoms with van der Waals surface area (Å²) in [6.45, 7) is 12.7. The number of carbonyl (C=O) groups is 3. The minimum absolute atomic E-state index is 0.125. The van der Waals surface area contributed by atoms with E-state index >= 15 is 0 Å². The van der Waals surface area contributed by atoms with E-state index in [0.717, 1.165) is 29.1 Å². The van der Waals surface area contributed by atoms with Crippen LogP contribution in [-0.2, 0) is 21.7 Å². The second-order valence-corrected chi connectivity index (χ2v) is 12.9. The predicted molar refractivity (Wildman–Crippen MR) is 173 cm³/mol. The molecule has 2 aromatic carbocycles. The van der Waals surface area contributed by atoms with E-state index in [1.165, 1.54) is 16.4 Å². The lowest BCUT2D eigenvalue weighted by atomic mass is 10.0. The molecule has 1 aliphatic rings. The lowest BCUT2D eigenvalue weighted by molar-refractivity contribution is -0.143. The van der Waals surface area contributed by atoms with Crippen LogP contribution in [0.4, 0.5) is 9.59 Å². The molecule has 0 aromatic heterocycles. The van der Waals surface area contributed by atoms with Gasteiger partial charge in [-0.25, -0.2) is 18.2 Å². The molecule has 2 amide bonds. The lowest BCUT2D eigenvalue weighted by Crippen LogP contribution is -2.34. The highest BCUT2D eigenvalue weighted by Crippen LogP contribution is 2.42. The topological polar surface area (TPSA) is 107 Å². The Labute approximate surface area is 264 Å². The van der Waals surface area contributed by atoms with Crippen molar-refractivity contribution in [1.29, 1.82) is 0 Å². The highest BCUT2D eigenvalue weighted by atomic mass is 32.2. The van der Waals surface area contributed by atoms with Gasteiger partial charge in [0, 0.05) is 62.1 Å². The van der Waals surface area contributed by atoms with Gasteiger partial charge in [0.25, 0.3) is 0 Å². The van der Waals surface area contributed by atoms with E-state index in [2.05, 4.69) is 12.2 Å². The Morgan fingerprint density at radius 3 is 2.40 bits per heavy atom. The lowest BCUT2D eigenvalue weighted by Gasteiger charge is -2.28. The molecule has 1 N–H and O–H groups in total. The highest BCUT2D eigenvalue weighted by Gasteiger charge is 2.33. The van der Waals surface area contributed by atoms with Gasteiger partial charge in [-0.1, -0.05) is 37.3 Å². The molecule has 0 fully saturated rings. The molecule has 0 saturated carbocycles. The van der Waals surface area contributed by atoms with Crippen LogP contribution in [0.1, 0.15) is 59.1 Å². The molecule has 0 radical (unpaired) electrons. The number of hydrogen-bond acceptors (Lipinski definition) is 10. The third-order valence-corrected chi connectivity index (χ3v) is 8.13. The van der Waals surface area contributed by atoms with E-state index in [-0.39, 0.29) is 24.0 Å². The zero-order valence-electron chi connectivity index (χ0n) is 26.4. The number of nitrogens with one attached hydrogen (secondary N) is 1. The molecule has 238 valence electrons. The van der Waals surface area contributed by atoms with E-state index in [4.69, 9.17) is 18.9 Å². The van der Waals surface area contributed by atoms with Gasteiger partial charge in [-0.15, -0.1) is 0 Å². The van der Waals surface area contributed by atoms with Crippen LogP contribution in [0.2, 0.25) is 0 Å². The largest absolute Gasteiger partial charge is 0.483 e. The Bertz CT molecular complexity index is 1210. The fourth-order valence-electron chi connectivity index (χ4n) is 3.93. The van der Waals surface area contributed by atoms with Crippen molar-refractivity contribution in [3.8, 4) is 17.2 Å². The van der Waals surface area contributed by atoms with Gasteiger partial charge >= 0.3 is 18.2 Å². The Hall–Kier alpha value is -3.09. The fourth-order valence-corrected chi connectivity index (χ4v) is 5.37. The molecule has 1 heterocycles. The number of thioether (sulfide) groups is 1. The highest BCUT2D eigenvalue weighted by molar-refractivity contribution is 7.98. The molecule has 0 bridgehead atoms. The second-order valence-electron chi connectivity index (χ2n) is 10.4. The number of fused-ring (bicyclic) bond motifs is 1. The Morgan fingerprint density at radius 1 is 1.05 bits per heavy atom. The zero-order chi connectivity index (χ0) is 32.0. The maximum absolute atomic E-state index is 12.6. The molecule has 10 nitrogen and oxygen atoms in total. The van der Waals surface area contributed by atoms with Crippen LogP contribution in [0.5, 0.6) is 17.2 Å². The predicted octanol–water partition coefficient (Wildman–Crippen LogP) is 6.72.